The SMILES string of the molecule is [CH2]CCc1ccccc1OC(C)CC. The summed E-state index contributed by atoms with van der Waals surface area (Å²) in [5.74, 6) is 1.02. The van der Waals surface area contributed by atoms with Gasteiger partial charge in [-0.2, -0.15) is 0 Å². The molecule has 0 fully saturated rings. The summed E-state index contributed by atoms with van der Waals surface area (Å²) in [5.41, 5.74) is 1.27. The maximum Gasteiger partial charge on any atom is 0.122 e. The molecule has 77 valence electrons. The van der Waals surface area contributed by atoms with Crippen LogP contribution >= 0.6 is 0 Å². The fraction of sp³-hybridized carbons (Fsp3) is 0.462. The lowest BCUT2D eigenvalue weighted by Crippen LogP contribution is -2.10. The van der Waals surface area contributed by atoms with Gasteiger partial charge in [0, 0.05) is 0 Å². The van der Waals surface area contributed by atoms with E-state index in [2.05, 4.69) is 32.9 Å². The highest BCUT2D eigenvalue weighted by Crippen LogP contribution is 2.21. The molecule has 1 nitrogen and oxygen atoms in total. The van der Waals surface area contributed by atoms with E-state index in [1.54, 1.807) is 0 Å². The number of rotatable bonds is 5. The van der Waals surface area contributed by atoms with E-state index in [1.807, 2.05) is 12.1 Å². The summed E-state index contributed by atoms with van der Waals surface area (Å²) < 4.78 is 5.82. The van der Waals surface area contributed by atoms with Crippen molar-refractivity contribution in [2.45, 2.75) is 39.2 Å². The first-order valence-corrected chi connectivity index (χ1v) is 5.31. The van der Waals surface area contributed by atoms with Gasteiger partial charge in [0.05, 0.1) is 6.10 Å². The first-order chi connectivity index (χ1) is 6.77. The van der Waals surface area contributed by atoms with Gasteiger partial charge in [-0.1, -0.05) is 32.0 Å². The van der Waals surface area contributed by atoms with Crippen LogP contribution in [0.25, 0.3) is 0 Å². The van der Waals surface area contributed by atoms with Crippen LogP contribution in [0.3, 0.4) is 0 Å². The smallest absolute Gasteiger partial charge is 0.122 e. The molecule has 1 atom stereocenters. The average Bonchev–Trinajstić information content (AvgIpc) is 2.21. The Labute approximate surface area is 87.1 Å². The summed E-state index contributed by atoms with van der Waals surface area (Å²) in [4.78, 5) is 0. The van der Waals surface area contributed by atoms with Gasteiger partial charge in [0.15, 0.2) is 0 Å². The Morgan fingerprint density at radius 1 is 1.36 bits per heavy atom. The average molecular weight is 191 g/mol. The summed E-state index contributed by atoms with van der Waals surface area (Å²) in [6.45, 7) is 8.10. The monoisotopic (exact) mass is 191 g/mol. The third kappa shape index (κ3) is 3.06. The van der Waals surface area contributed by atoms with Crippen molar-refractivity contribution in [1.82, 2.24) is 0 Å². The molecule has 0 N–H and O–H groups in total. The topological polar surface area (TPSA) is 9.23 Å². The highest BCUT2D eigenvalue weighted by Gasteiger charge is 2.05. The molecule has 0 heterocycles. The highest BCUT2D eigenvalue weighted by molar-refractivity contribution is 5.33. The second-order valence-corrected chi connectivity index (χ2v) is 3.55. The standard InChI is InChI=1S/C13H19O/c1-4-8-12-9-6-7-10-13(12)14-11(3)5-2/h6-7,9-11H,1,4-5,8H2,2-3H3. The molecular weight excluding hydrogens is 172 g/mol. The lowest BCUT2D eigenvalue weighted by atomic mass is 10.1. The molecular formula is C13H19O. The van der Waals surface area contributed by atoms with Gasteiger partial charge in [-0.15, -0.1) is 0 Å². The fourth-order valence-corrected chi connectivity index (χ4v) is 1.32. The fourth-order valence-electron chi connectivity index (χ4n) is 1.32. The summed E-state index contributed by atoms with van der Waals surface area (Å²) >= 11 is 0. The van der Waals surface area contributed by atoms with Crippen LogP contribution < -0.4 is 4.74 Å². The van der Waals surface area contributed by atoms with Crippen LogP contribution in [0.15, 0.2) is 24.3 Å². The first-order valence-electron chi connectivity index (χ1n) is 5.31. The molecule has 1 rings (SSSR count). The van der Waals surface area contributed by atoms with Crippen molar-refractivity contribution < 1.29 is 4.74 Å². The predicted molar refractivity (Wildman–Crippen MR) is 60.5 cm³/mol. The maximum atomic E-state index is 5.82. The van der Waals surface area contributed by atoms with Crippen molar-refractivity contribution in [2.75, 3.05) is 0 Å². The quantitative estimate of drug-likeness (QED) is 0.690. The van der Waals surface area contributed by atoms with Crippen LogP contribution in [0.5, 0.6) is 5.75 Å². The number of ether oxygens (including phenoxy) is 1. The minimum atomic E-state index is 0.293. The van der Waals surface area contributed by atoms with E-state index in [0.29, 0.717) is 6.10 Å². The summed E-state index contributed by atoms with van der Waals surface area (Å²) in [7, 11) is 0. The molecule has 0 saturated carbocycles. The molecule has 1 aromatic rings. The van der Waals surface area contributed by atoms with Crippen molar-refractivity contribution in [3.8, 4) is 5.75 Å². The number of para-hydroxylation sites is 1. The largest absolute Gasteiger partial charge is 0.490 e. The van der Waals surface area contributed by atoms with Crippen molar-refractivity contribution in [3.63, 3.8) is 0 Å². The number of benzene rings is 1. The molecule has 0 aliphatic carbocycles. The molecule has 0 amide bonds. The van der Waals surface area contributed by atoms with Gasteiger partial charge in [0.1, 0.15) is 5.75 Å². The van der Waals surface area contributed by atoms with E-state index in [9.17, 15) is 0 Å². The molecule has 0 saturated heterocycles. The summed E-state index contributed by atoms with van der Waals surface area (Å²) in [6.07, 6.45) is 3.24. The van der Waals surface area contributed by atoms with Crippen LogP contribution in [0.2, 0.25) is 0 Å². The van der Waals surface area contributed by atoms with Gasteiger partial charge in [-0.3, -0.25) is 0 Å². The molecule has 1 aromatic carbocycles. The molecule has 1 unspecified atom stereocenters. The molecule has 0 spiro atoms. The maximum absolute atomic E-state index is 5.82. The minimum absolute atomic E-state index is 0.293. The van der Waals surface area contributed by atoms with Crippen molar-refractivity contribution in [3.05, 3.63) is 36.8 Å². The Hall–Kier alpha value is -0.980. The normalized spacial score (nSPS) is 12.5. The Kier molecular flexibility index (Phi) is 4.51. The predicted octanol–water partition coefficient (Wildman–Crippen LogP) is 3.63. The van der Waals surface area contributed by atoms with E-state index in [1.165, 1.54) is 5.56 Å². The molecule has 0 bridgehead atoms. The van der Waals surface area contributed by atoms with Crippen molar-refractivity contribution in [1.29, 1.82) is 0 Å². The number of hydrogen-bond acceptors (Lipinski definition) is 1. The third-order valence-electron chi connectivity index (χ3n) is 2.32. The molecule has 0 aliphatic rings. The van der Waals surface area contributed by atoms with E-state index in [-0.39, 0.29) is 0 Å². The summed E-state index contributed by atoms with van der Waals surface area (Å²) in [6, 6.07) is 8.22. The van der Waals surface area contributed by atoms with Gasteiger partial charge >= 0.3 is 0 Å². The highest BCUT2D eigenvalue weighted by atomic mass is 16.5. The Balaban J connectivity index is 2.73. The van der Waals surface area contributed by atoms with Crippen LogP contribution in [0.1, 0.15) is 32.3 Å². The first kappa shape index (κ1) is 11.1. The van der Waals surface area contributed by atoms with E-state index in [0.717, 1.165) is 25.0 Å². The number of hydrogen-bond donors (Lipinski definition) is 0. The Morgan fingerprint density at radius 2 is 2.07 bits per heavy atom. The minimum Gasteiger partial charge on any atom is -0.490 e. The van der Waals surface area contributed by atoms with Crippen molar-refractivity contribution in [2.24, 2.45) is 0 Å². The van der Waals surface area contributed by atoms with Gasteiger partial charge in [0.2, 0.25) is 0 Å². The van der Waals surface area contributed by atoms with Gasteiger partial charge in [0.25, 0.3) is 0 Å². The van der Waals surface area contributed by atoms with Crippen LogP contribution in [0.4, 0.5) is 0 Å². The zero-order valence-corrected chi connectivity index (χ0v) is 9.12. The third-order valence-corrected chi connectivity index (χ3v) is 2.32. The summed E-state index contributed by atoms with van der Waals surface area (Å²) in [5, 5.41) is 0. The molecule has 0 aliphatic heterocycles. The zero-order chi connectivity index (χ0) is 10.4. The molecule has 1 radical (unpaired) electrons. The van der Waals surface area contributed by atoms with Gasteiger partial charge in [-0.25, -0.2) is 0 Å². The van der Waals surface area contributed by atoms with E-state index in [4.69, 9.17) is 4.74 Å². The van der Waals surface area contributed by atoms with Gasteiger partial charge < -0.3 is 4.74 Å². The van der Waals surface area contributed by atoms with Crippen LogP contribution in [-0.4, -0.2) is 6.10 Å². The second kappa shape index (κ2) is 5.69. The van der Waals surface area contributed by atoms with Crippen LogP contribution in [-0.2, 0) is 6.42 Å². The molecule has 1 heteroatoms. The Morgan fingerprint density at radius 3 is 2.71 bits per heavy atom. The lowest BCUT2D eigenvalue weighted by Gasteiger charge is -2.15. The van der Waals surface area contributed by atoms with Crippen molar-refractivity contribution >= 4 is 0 Å². The number of aryl methyl sites for hydroxylation is 1. The van der Waals surface area contributed by atoms with Gasteiger partial charge in [-0.05, 0) is 37.8 Å². The van der Waals surface area contributed by atoms with Crippen LogP contribution in [0, 0.1) is 6.92 Å². The lowest BCUT2D eigenvalue weighted by molar-refractivity contribution is 0.215. The molecule has 0 aromatic heterocycles. The zero-order valence-electron chi connectivity index (χ0n) is 9.12. The second-order valence-electron chi connectivity index (χ2n) is 3.55. The molecule has 14 heavy (non-hydrogen) atoms. The van der Waals surface area contributed by atoms with E-state index >= 15 is 0 Å². The Bertz CT molecular complexity index is 268. The van der Waals surface area contributed by atoms with E-state index < -0.39 is 0 Å².